The first-order chi connectivity index (χ1) is 9.72. The average molecular weight is 273 g/mol. The second-order valence-corrected chi connectivity index (χ2v) is 5.41. The second kappa shape index (κ2) is 5.57. The van der Waals surface area contributed by atoms with Gasteiger partial charge in [0.15, 0.2) is 11.5 Å². The monoisotopic (exact) mass is 273 g/mol. The fourth-order valence-corrected chi connectivity index (χ4v) is 2.65. The van der Waals surface area contributed by atoms with Crippen LogP contribution in [0.15, 0.2) is 30.4 Å². The van der Waals surface area contributed by atoms with Crippen LogP contribution in [0.25, 0.3) is 0 Å². The number of hydrogen-bond acceptors (Lipinski definition) is 3. The molecule has 0 saturated heterocycles. The highest BCUT2D eigenvalue weighted by Gasteiger charge is 2.18. The molecule has 1 amide bonds. The minimum Gasteiger partial charge on any atom is -0.454 e. The number of fused-ring (bicyclic) bond motifs is 1. The zero-order valence-corrected chi connectivity index (χ0v) is 11.7. The van der Waals surface area contributed by atoms with Crippen molar-refractivity contribution in [2.75, 3.05) is 13.8 Å². The Morgan fingerprint density at radius 3 is 3.00 bits per heavy atom. The van der Waals surface area contributed by atoms with Gasteiger partial charge in [-0.05, 0) is 36.5 Å². The Morgan fingerprint density at radius 2 is 2.20 bits per heavy atom. The normalized spacial score (nSPS) is 19.4. The number of carbonyl (C=O) groups excluding carboxylic acids is 1. The fourth-order valence-electron chi connectivity index (χ4n) is 2.65. The number of nitrogens with zero attached hydrogens (tertiary/aromatic N) is 1. The zero-order valence-electron chi connectivity index (χ0n) is 11.7. The van der Waals surface area contributed by atoms with Gasteiger partial charge in [-0.1, -0.05) is 18.2 Å². The number of allylic oxidation sites excluding steroid dienone is 2. The lowest BCUT2D eigenvalue weighted by molar-refractivity contribution is -0.131. The highest BCUT2D eigenvalue weighted by Crippen LogP contribution is 2.32. The van der Waals surface area contributed by atoms with Gasteiger partial charge in [0.1, 0.15) is 0 Å². The molecule has 0 fully saturated rings. The van der Waals surface area contributed by atoms with Gasteiger partial charge in [-0.15, -0.1) is 0 Å². The third-order valence-corrected chi connectivity index (χ3v) is 3.83. The number of rotatable bonds is 4. The van der Waals surface area contributed by atoms with E-state index in [1.165, 1.54) is 0 Å². The van der Waals surface area contributed by atoms with Crippen LogP contribution in [0.3, 0.4) is 0 Å². The molecule has 20 heavy (non-hydrogen) atoms. The molecule has 0 saturated carbocycles. The van der Waals surface area contributed by atoms with Crippen molar-refractivity contribution in [1.82, 2.24) is 4.90 Å². The molecule has 0 aromatic heterocycles. The van der Waals surface area contributed by atoms with E-state index in [9.17, 15) is 4.79 Å². The molecule has 0 spiro atoms. The van der Waals surface area contributed by atoms with Crippen molar-refractivity contribution in [1.29, 1.82) is 0 Å². The van der Waals surface area contributed by atoms with Crippen molar-refractivity contribution >= 4 is 5.91 Å². The van der Waals surface area contributed by atoms with Gasteiger partial charge in [-0.25, -0.2) is 0 Å². The van der Waals surface area contributed by atoms with E-state index in [0.717, 1.165) is 29.9 Å². The molecular formula is C16H19NO3. The molecule has 1 aliphatic heterocycles. The van der Waals surface area contributed by atoms with E-state index in [0.29, 0.717) is 18.9 Å². The number of carbonyl (C=O) groups is 1. The Bertz CT molecular complexity index is 539. The minimum absolute atomic E-state index is 0.194. The molecule has 1 heterocycles. The lowest BCUT2D eigenvalue weighted by Crippen LogP contribution is -2.27. The van der Waals surface area contributed by atoms with Gasteiger partial charge in [0, 0.05) is 20.0 Å². The Balaban J connectivity index is 1.59. The summed E-state index contributed by atoms with van der Waals surface area (Å²) in [5.41, 5.74) is 1.06. The first-order valence-electron chi connectivity index (χ1n) is 7.01. The van der Waals surface area contributed by atoms with Crippen molar-refractivity contribution < 1.29 is 14.3 Å². The van der Waals surface area contributed by atoms with Gasteiger partial charge >= 0.3 is 0 Å². The molecule has 106 valence electrons. The average Bonchev–Trinajstić information content (AvgIpc) is 3.08. The summed E-state index contributed by atoms with van der Waals surface area (Å²) in [6.45, 7) is 0.882. The highest BCUT2D eigenvalue weighted by atomic mass is 16.7. The lowest BCUT2D eigenvalue weighted by atomic mass is 10.0. The van der Waals surface area contributed by atoms with Crippen molar-refractivity contribution in [3.05, 3.63) is 35.9 Å². The van der Waals surface area contributed by atoms with Gasteiger partial charge < -0.3 is 14.4 Å². The molecule has 4 heteroatoms. The van der Waals surface area contributed by atoms with Crippen molar-refractivity contribution in [3.8, 4) is 11.5 Å². The molecule has 3 rings (SSSR count). The quantitative estimate of drug-likeness (QED) is 0.792. The fraction of sp³-hybridized carbons (Fsp3) is 0.438. The Labute approximate surface area is 119 Å². The Kier molecular flexibility index (Phi) is 3.63. The van der Waals surface area contributed by atoms with Gasteiger partial charge in [-0.2, -0.15) is 0 Å². The van der Waals surface area contributed by atoms with Gasteiger partial charge in [0.2, 0.25) is 12.7 Å². The molecule has 4 nitrogen and oxygen atoms in total. The summed E-state index contributed by atoms with van der Waals surface area (Å²) >= 11 is 0. The Hall–Kier alpha value is -1.97. The molecule has 0 bridgehead atoms. The van der Waals surface area contributed by atoms with Crippen LogP contribution in [-0.2, 0) is 11.3 Å². The molecule has 1 aromatic carbocycles. The Morgan fingerprint density at radius 1 is 1.35 bits per heavy atom. The molecule has 1 aromatic rings. The van der Waals surface area contributed by atoms with Crippen LogP contribution in [0.1, 0.15) is 24.8 Å². The van der Waals surface area contributed by atoms with Gasteiger partial charge in [0.25, 0.3) is 0 Å². The first kappa shape index (κ1) is 13.0. The largest absolute Gasteiger partial charge is 0.454 e. The third kappa shape index (κ3) is 2.79. The van der Waals surface area contributed by atoms with Crippen LogP contribution in [-0.4, -0.2) is 24.6 Å². The summed E-state index contributed by atoms with van der Waals surface area (Å²) in [6, 6.07) is 5.82. The SMILES string of the molecule is CN(Cc1ccc2c(c1)OCO2)C(=O)C[C@H]1C=CCC1. The molecule has 0 radical (unpaired) electrons. The van der Waals surface area contributed by atoms with Crippen molar-refractivity contribution in [2.45, 2.75) is 25.8 Å². The standard InChI is InChI=1S/C16H19NO3/c1-17(16(18)9-12-4-2-3-5-12)10-13-6-7-14-15(8-13)20-11-19-14/h2,4,6-8,12H,3,5,9-11H2,1H3/t12-/m0/s1. The predicted molar refractivity (Wildman–Crippen MR) is 75.5 cm³/mol. The molecular weight excluding hydrogens is 254 g/mol. The summed E-state index contributed by atoms with van der Waals surface area (Å²) < 4.78 is 10.6. The minimum atomic E-state index is 0.194. The lowest BCUT2D eigenvalue weighted by Gasteiger charge is -2.19. The van der Waals surface area contributed by atoms with Crippen LogP contribution < -0.4 is 9.47 Å². The molecule has 2 aliphatic rings. The van der Waals surface area contributed by atoms with E-state index >= 15 is 0 Å². The van der Waals surface area contributed by atoms with Crippen LogP contribution >= 0.6 is 0 Å². The second-order valence-electron chi connectivity index (χ2n) is 5.41. The summed E-state index contributed by atoms with van der Waals surface area (Å²) in [4.78, 5) is 14.0. The van der Waals surface area contributed by atoms with E-state index in [1.54, 1.807) is 4.90 Å². The molecule has 0 unspecified atom stereocenters. The zero-order chi connectivity index (χ0) is 13.9. The summed E-state index contributed by atoms with van der Waals surface area (Å²) in [5, 5.41) is 0. The van der Waals surface area contributed by atoms with E-state index in [2.05, 4.69) is 12.2 Å². The topological polar surface area (TPSA) is 38.8 Å². The maximum Gasteiger partial charge on any atom is 0.231 e. The highest BCUT2D eigenvalue weighted by molar-refractivity contribution is 5.76. The maximum atomic E-state index is 12.2. The third-order valence-electron chi connectivity index (χ3n) is 3.83. The summed E-state index contributed by atoms with van der Waals surface area (Å²) in [7, 11) is 1.85. The maximum absolute atomic E-state index is 12.2. The van der Waals surface area contributed by atoms with Crippen molar-refractivity contribution in [3.63, 3.8) is 0 Å². The number of amides is 1. The molecule has 1 aliphatic carbocycles. The van der Waals surface area contributed by atoms with E-state index < -0.39 is 0 Å². The van der Waals surface area contributed by atoms with Crippen molar-refractivity contribution in [2.24, 2.45) is 5.92 Å². The molecule has 0 N–H and O–H groups in total. The number of ether oxygens (including phenoxy) is 2. The molecule has 1 atom stereocenters. The first-order valence-corrected chi connectivity index (χ1v) is 7.01. The predicted octanol–water partition coefficient (Wildman–Crippen LogP) is 2.73. The number of hydrogen-bond donors (Lipinski definition) is 0. The van der Waals surface area contributed by atoms with Crippen LogP contribution in [0.4, 0.5) is 0 Å². The van der Waals surface area contributed by atoms with Crippen LogP contribution in [0.2, 0.25) is 0 Å². The van der Waals surface area contributed by atoms with E-state index in [1.807, 2.05) is 25.2 Å². The summed E-state index contributed by atoms with van der Waals surface area (Å²) in [5.74, 6) is 2.15. The summed E-state index contributed by atoms with van der Waals surface area (Å²) in [6.07, 6.45) is 7.13. The van der Waals surface area contributed by atoms with Gasteiger partial charge in [-0.3, -0.25) is 4.79 Å². The van der Waals surface area contributed by atoms with E-state index in [-0.39, 0.29) is 12.7 Å². The smallest absolute Gasteiger partial charge is 0.231 e. The van der Waals surface area contributed by atoms with E-state index in [4.69, 9.17) is 9.47 Å². The van der Waals surface area contributed by atoms with Crippen LogP contribution in [0.5, 0.6) is 11.5 Å². The van der Waals surface area contributed by atoms with Crippen LogP contribution in [0, 0.1) is 5.92 Å². The number of benzene rings is 1. The van der Waals surface area contributed by atoms with Gasteiger partial charge in [0.05, 0.1) is 0 Å².